The van der Waals surface area contributed by atoms with Gasteiger partial charge < -0.3 is 4.74 Å². The van der Waals surface area contributed by atoms with Crippen molar-refractivity contribution < 1.29 is 9.53 Å². The third kappa shape index (κ3) is 4.36. The van der Waals surface area contributed by atoms with Gasteiger partial charge in [-0.3, -0.25) is 4.98 Å². The fraction of sp³-hybridized carbons (Fsp3) is 0.273. The van der Waals surface area contributed by atoms with E-state index in [2.05, 4.69) is 15.0 Å². The minimum Gasteiger partial charge on any atom is -0.462 e. The number of esters is 1. The molecule has 0 N–H and O–H groups in total. The predicted molar refractivity (Wildman–Crippen MR) is 63.2 cm³/mol. The zero-order valence-electron chi connectivity index (χ0n) is 9.41. The molecule has 6 nitrogen and oxygen atoms in total. The van der Waals surface area contributed by atoms with Crippen LogP contribution in [0.25, 0.3) is 16.5 Å². The number of aromatic nitrogens is 1. The third-order valence-electron chi connectivity index (χ3n) is 1.83. The standard InChI is InChI=1S/C11H12N4O2/c1-2-17-11(16)10-6-9(7-13-8-10)4-3-5-14-15-12/h3-4,6-8H,2,5H2,1H3. The minimum absolute atomic E-state index is 0.264. The Hall–Kier alpha value is -2.33. The maximum atomic E-state index is 11.4. The summed E-state index contributed by atoms with van der Waals surface area (Å²) in [6, 6.07) is 1.66. The molecule has 0 spiro atoms. The molecule has 0 aliphatic rings. The van der Waals surface area contributed by atoms with Gasteiger partial charge in [0.15, 0.2) is 0 Å². The van der Waals surface area contributed by atoms with E-state index < -0.39 is 5.97 Å². The monoisotopic (exact) mass is 232 g/mol. The van der Waals surface area contributed by atoms with Crippen LogP contribution in [-0.2, 0) is 4.74 Å². The molecule has 1 aromatic rings. The smallest absolute Gasteiger partial charge is 0.339 e. The first-order valence-electron chi connectivity index (χ1n) is 5.07. The van der Waals surface area contributed by atoms with Crippen LogP contribution in [0.2, 0.25) is 0 Å². The summed E-state index contributed by atoms with van der Waals surface area (Å²) in [6.07, 6.45) is 6.47. The first kappa shape index (κ1) is 12.7. The van der Waals surface area contributed by atoms with Crippen LogP contribution in [0.1, 0.15) is 22.8 Å². The Morgan fingerprint density at radius 2 is 2.47 bits per heavy atom. The lowest BCUT2D eigenvalue weighted by molar-refractivity contribution is 0.0526. The van der Waals surface area contributed by atoms with Crippen molar-refractivity contribution in [1.82, 2.24) is 4.98 Å². The fourth-order valence-electron chi connectivity index (χ4n) is 1.15. The van der Waals surface area contributed by atoms with Gasteiger partial charge in [0.2, 0.25) is 0 Å². The highest BCUT2D eigenvalue weighted by Gasteiger charge is 2.06. The van der Waals surface area contributed by atoms with Crippen LogP contribution in [0, 0.1) is 0 Å². The number of nitrogens with zero attached hydrogens (tertiary/aromatic N) is 4. The number of azide groups is 1. The largest absolute Gasteiger partial charge is 0.462 e. The van der Waals surface area contributed by atoms with E-state index in [-0.39, 0.29) is 6.54 Å². The van der Waals surface area contributed by atoms with Crippen LogP contribution in [0.5, 0.6) is 0 Å². The Labute approximate surface area is 98.6 Å². The highest BCUT2D eigenvalue weighted by atomic mass is 16.5. The van der Waals surface area contributed by atoms with Crippen LogP contribution in [0.4, 0.5) is 0 Å². The van der Waals surface area contributed by atoms with Crippen molar-refractivity contribution in [2.45, 2.75) is 6.92 Å². The summed E-state index contributed by atoms with van der Waals surface area (Å²) >= 11 is 0. The SMILES string of the molecule is CCOC(=O)c1cncc(C=CCN=[N+]=[N-])c1. The maximum absolute atomic E-state index is 11.4. The Bertz CT molecular complexity index is 464. The van der Waals surface area contributed by atoms with Crippen molar-refractivity contribution in [3.63, 3.8) is 0 Å². The second kappa shape index (κ2) is 7.03. The van der Waals surface area contributed by atoms with Crippen LogP contribution >= 0.6 is 0 Å². The maximum Gasteiger partial charge on any atom is 0.339 e. The third-order valence-corrected chi connectivity index (χ3v) is 1.83. The molecule has 0 saturated heterocycles. The van der Waals surface area contributed by atoms with Crippen molar-refractivity contribution in [2.24, 2.45) is 5.11 Å². The lowest BCUT2D eigenvalue weighted by Crippen LogP contribution is -2.05. The van der Waals surface area contributed by atoms with E-state index in [9.17, 15) is 4.79 Å². The molecule has 0 saturated carbocycles. The average molecular weight is 232 g/mol. The van der Waals surface area contributed by atoms with Crippen molar-refractivity contribution in [3.8, 4) is 0 Å². The molecule has 0 unspecified atom stereocenters. The number of carbonyl (C=O) groups is 1. The van der Waals surface area contributed by atoms with Crippen LogP contribution in [0.15, 0.2) is 29.7 Å². The van der Waals surface area contributed by atoms with Crippen LogP contribution < -0.4 is 0 Å². The Balaban J connectivity index is 2.75. The second-order valence-corrected chi connectivity index (χ2v) is 3.04. The number of ether oxygens (including phenoxy) is 1. The summed E-state index contributed by atoms with van der Waals surface area (Å²) in [7, 11) is 0. The number of hydrogen-bond acceptors (Lipinski definition) is 4. The van der Waals surface area contributed by atoms with Crippen molar-refractivity contribution in [2.75, 3.05) is 13.2 Å². The van der Waals surface area contributed by atoms with Gasteiger partial charge in [0.25, 0.3) is 0 Å². The highest BCUT2D eigenvalue weighted by Crippen LogP contribution is 2.06. The molecule has 1 heterocycles. The summed E-state index contributed by atoms with van der Waals surface area (Å²) in [5.41, 5.74) is 9.24. The van der Waals surface area contributed by atoms with Crippen LogP contribution in [-0.4, -0.2) is 24.1 Å². The topological polar surface area (TPSA) is 88.0 Å². The van der Waals surface area contributed by atoms with Crippen molar-refractivity contribution in [1.29, 1.82) is 0 Å². The molecule has 0 fully saturated rings. The van der Waals surface area contributed by atoms with E-state index in [1.54, 1.807) is 31.3 Å². The van der Waals surface area contributed by atoms with Gasteiger partial charge in [0.1, 0.15) is 0 Å². The van der Waals surface area contributed by atoms with E-state index in [0.717, 1.165) is 5.56 Å². The van der Waals surface area contributed by atoms with Gasteiger partial charge in [-0.15, -0.1) is 0 Å². The van der Waals surface area contributed by atoms with E-state index >= 15 is 0 Å². The van der Waals surface area contributed by atoms with Gasteiger partial charge in [0, 0.05) is 23.9 Å². The molecule has 0 amide bonds. The van der Waals surface area contributed by atoms with Gasteiger partial charge in [-0.05, 0) is 24.1 Å². The molecule has 1 rings (SSSR count). The number of hydrogen-bond donors (Lipinski definition) is 0. The summed E-state index contributed by atoms with van der Waals surface area (Å²) in [5, 5.41) is 3.36. The Kier molecular flexibility index (Phi) is 5.27. The zero-order chi connectivity index (χ0) is 12.5. The molecule has 88 valence electrons. The molecular weight excluding hydrogens is 220 g/mol. The van der Waals surface area contributed by atoms with Crippen molar-refractivity contribution in [3.05, 3.63) is 46.1 Å². The van der Waals surface area contributed by atoms with Crippen molar-refractivity contribution >= 4 is 12.0 Å². The van der Waals surface area contributed by atoms with Gasteiger partial charge in [0.05, 0.1) is 12.2 Å². The zero-order valence-corrected chi connectivity index (χ0v) is 9.41. The quantitative estimate of drug-likeness (QED) is 0.338. The Morgan fingerprint density at radius 3 is 3.18 bits per heavy atom. The normalized spacial score (nSPS) is 9.94. The molecule has 0 aliphatic carbocycles. The summed E-state index contributed by atoms with van der Waals surface area (Å²) in [4.78, 5) is 18.0. The van der Waals surface area contributed by atoms with Gasteiger partial charge >= 0.3 is 5.97 Å². The van der Waals surface area contributed by atoms with E-state index in [1.807, 2.05) is 0 Å². The molecule has 0 aliphatic heterocycles. The van der Waals surface area contributed by atoms with E-state index in [1.165, 1.54) is 6.20 Å². The molecule has 0 bridgehead atoms. The average Bonchev–Trinajstić information content (AvgIpc) is 2.35. The number of pyridine rings is 1. The first-order chi connectivity index (χ1) is 8.27. The second-order valence-electron chi connectivity index (χ2n) is 3.04. The summed E-state index contributed by atoms with van der Waals surface area (Å²) in [5.74, 6) is -0.398. The minimum atomic E-state index is -0.398. The molecule has 0 atom stereocenters. The number of rotatable bonds is 5. The van der Waals surface area contributed by atoms with E-state index in [0.29, 0.717) is 12.2 Å². The van der Waals surface area contributed by atoms with Gasteiger partial charge in [-0.2, -0.15) is 0 Å². The number of carbonyl (C=O) groups excluding carboxylic acids is 1. The summed E-state index contributed by atoms with van der Waals surface area (Å²) < 4.78 is 4.86. The lowest BCUT2D eigenvalue weighted by atomic mass is 10.2. The molecule has 0 aromatic carbocycles. The predicted octanol–water partition coefficient (Wildman–Crippen LogP) is 2.58. The van der Waals surface area contributed by atoms with Gasteiger partial charge in [-0.25, -0.2) is 4.79 Å². The molecule has 0 radical (unpaired) electrons. The first-order valence-corrected chi connectivity index (χ1v) is 5.07. The van der Waals surface area contributed by atoms with E-state index in [4.69, 9.17) is 10.3 Å². The Morgan fingerprint density at radius 1 is 1.65 bits per heavy atom. The summed E-state index contributed by atoms with van der Waals surface area (Å²) in [6.45, 7) is 2.34. The fourth-order valence-corrected chi connectivity index (χ4v) is 1.15. The molecule has 1 aromatic heterocycles. The molecular formula is C11H12N4O2. The molecule has 17 heavy (non-hydrogen) atoms. The van der Waals surface area contributed by atoms with Gasteiger partial charge in [-0.1, -0.05) is 17.3 Å². The lowest BCUT2D eigenvalue weighted by Gasteiger charge is -2.01. The van der Waals surface area contributed by atoms with Crippen LogP contribution in [0.3, 0.4) is 0 Å². The highest BCUT2D eigenvalue weighted by molar-refractivity contribution is 5.89. The molecule has 6 heteroatoms.